The monoisotopic (exact) mass is 477 g/mol. The molecule has 2 fully saturated rings. The molecule has 8 nitrogen and oxygen atoms in total. The molecule has 1 saturated heterocycles. The second-order valence-electron chi connectivity index (χ2n) is 9.70. The topological polar surface area (TPSA) is 89.4 Å². The summed E-state index contributed by atoms with van der Waals surface area (Å²) in [5.74, 6) is 7.98. The minimum atomic E-state index is -0.184. The second kappa shape index (κ2) is 12.8. The van der Waals surface area contributed by atoms with Gasteiger partial charge in [0.1, 0.15) is 5.82 Å². The molecule has 0 aromatic carbocycles. The molecule has 0 radical (unpaired) electrons. The van der Waals surface area contributed by atoms with Gasteiger partial charge < -0.3 is 20.6 Å². The zero-order valence-electron chi connectivity index (χ0n) is 21.1. The maximum Gasteiger partial charge on any atom is 0.224 e. The molecule has 2 aromatic rings. The van der Waals surface area contributed by atoms with E-state index in [0.717, 1.165) is 100 Å². The number of aromatic nitrogens is 3. The fraction of sp³-hybridized carbons (Fsp3) is 0.593. The number of aliphatic hydroxyl groups excluding tert-OH is 1. The van der Waals surface area contributed by atoms with Crippen LogP contribution in [0.5, 0.6) is 0 Å². The van der Waals surface area contributed by atoms with Crippen LogP contribution in [0.1, 0.15) is 51.0 Å². The second-order valence-corrected chi connectivity index (χ2v) is 9.70. The van der Waals surface area contributed by atoms with Crippen LogP contribution in [0, 0.1) is 11.8 Å². The van der Waals surface area contributed by atoms with E-state index in [1.807, 2.05) is 24.5 Å². The average Bonchev–Trinajstić information content (AvgIpc) is 2.88. The lowest BCUT2D eigenvalue weighted by Gasteiger charge is -2.30. The Morgan fingerprint density at radius 2 is 1.86 bits per heavy atom. The van der Waals surface area contributed by atoms with Crippen molar-refractivity contribution < 1.29 is 5.11 Å². The molecule has 35 heavy (non-hydrogen) atoms. The lowest BCUT2D eigenvalue weighted by atomic mass is 9.93. The summed E-state index contributed by atoms with van der Waals surface area (Å²) >= 11 is 0. The van der Waals surface area contributed by atoms with Gasteiger partial charge in [-0.15, -0.1) is 0 Å². The lowest BCUT2D eigenvalue weighted by Crippen LogP contribution is -2.44. The van der Waals surface area contributed by atoms with Gasteiger partial charge in [-0.1, -0.05) is 25.2 Å². The number of hydrogen-bond donors (Lipinski definition) is 3. The summed E-state index contributed by atoms with van der Waals surface area (Å²) in [6.07, 6.45) is 9.19. The zero-order chi connectivity index (χ0) is 24.5. The van der Waals surface area contributed by atoms with Crippen LogP contribution >= 0.6 is 0 Å². The van der Waals surface area contributed by atoms with Gasteiger partial charge in [-0.3, -0.25) is 9.88 Å². The maximum atomic E-state index is 9.87. The highest BCUT2D eigenvalue weighted by atomic mass is 16.3. The molecule has 0 bridgehead atoms. The number of anilines is 2. The van der Waals surface area contributed by atoms with Gasteiger partial charge in [0, 0.05) is 56.7 Å². The molecule has 4 rings (SSSR count). The van der Waals surface area contributed by atoms with Crippen LogP contribution in [0.15, 0.2) is 24.5 Å². The molecule has 0 atom stereocenters. The smallest absolute Gasteiger partial charge is 0.224 e. The first-order valence-electron chi connectivity index (χ1n) is 13.0. The van der Waals surface area contributed by atoms with Crippen LogP contribution in [0.4, 0.5) is 11.8 Å². The molecular weight excluding hydrogens is 438 g/mol. The minimum absolute atomic E-state index is 0.184. The van der Waals surface area contributed by atoms with Crippen LogP contribution in [-0.2, 0) is 0 Å². The Kier molecular flexibility index (Phi) is 9.29. The predicted octanol–water partition coefficient (Wildman–Crippen LogP) is 3.06. The third-order valence-electron chi connectivity index (χ3n) is 6.81. The Hall–Kier alpha value is -2.73. The molecule has 2 aliphatic rings. The summed E-state index contributed by atoms with van der Waals surface area (Å²) < 4.78 is 0. The van der Waals surface area contributed by atoms with Crippen LogP contribution in [-0.4, -0.2) is 88.3 Å². The van der Waals surface area contributed by atoms with E-state index in [1.165, 1.54) is 0 Å². The van der Waals surface area contributed by atoms with Gasteiger partial charge in [-0.05, 0) is 51.3 Å². The van der Waals surface area contributed by atoms with Crippen molar-refractivity contribution in [1.29, 1.82) is 0 Å². The lowest BCUT2D eigenvalue weighted by molar-refractivity contribution is 0.126. The summed E-state index contributed by atoms with van der Waals surface area (Å²) in [6.45, 7) is 8.16. The Morgan fingerprint density at radius 3 is 2.57 bits per heavy atom. The first kappa shape index (κ1) is 25.4. The van der Waals surface area contributed by atoms with Crippen molar-refractivity contribution in [3.8, 4) is 23.1 Å². The number of nitrogens with one attached hydrogen (secondary N) is 2. The predicted molar refractivity (Wildman–Crippen MR) is 141 cm³/mol. The number of pyridine rings is 1. The average molecular weight is 478 g/mol. The highest BCUT2D eigenvalue weighted by Gasteiger charge is 2.21. The number of piperazine rings is 1. The molecule has 0 amide bonds. The summed E-state index contributed by atoms with van der Waals surface area (Å²) in [5, 5.41) is 16.8. The van der Waals surface area contributed by atoms with E-state index in [0.29, 0.717) is 5.95 Å². The highest BCUT2D eigenvalue weighted by molar-refractivity contribution is 5.73. The SMILES string of the molecule is CCCCNc1ncc(-c2ccc(C#CCN3CCN(C)CC3)cn2)c(N[C@H]2CC[C@H](O)CC2)n1. The van der Waals surface area contributed by atoms with Gasteiger partial charge in [0.25, 0.3) is 0 Å². The summed E-state index contributed by atoms with van der Waals surface area (Å²) in [5.41, 5.74) is 2.62. The van der Waals surface area contributed by atoms with Crippen LogP contribution in [0.3, 0.4) is 0 Å². The summed E-state index contributed by atoms with van der Waals surface area (Å²) in [4.78, 5) is 18.8. The van der Waals surface area contributed by atoms with Crippen LogP contribution < -0.4 is 10.6 Å². The van der Waals surface area contributed by atoms with Gasteiger partial charge in [-0.25, -0.2) is 4.98 Å². The van der Waals surface area contributed by atoms with Crippen molar-refractivity contribution in [2.75, 3.05) is 56.9 Å². The minimum Gasteiger partial charge on any atom is -0.393 e. The molecular formula is C27H39N7O. The van der Waals surface area contributed by atoms with E-state index in [-0.39, 0.29) is 12.1 Å². The van der Waals surface area contributed by atoms with E-state index >= 15 is 0 Å². The van der Waals surface area contributed by atoms with E-state index in [9.17, 15) is 5.11 Å². The van der Waals surface area contributed by atoms with Gasteiger partial charge >= 0.3 is 0 Å². The van der Waals surface area contributed by atoms with Crippen molar-refractivity contribution in [2.45, 2.75) is 57.6 Å². The Morgan fingerprint density at radius 1 is 1.06 bits per heavy atom. The molecule has 1 aliphatic heterocycles. The molecule has 8 heteroatoms. The van der Waals surface area contributed by atoms with Crippen molar-refractivity contribution in [2.24, 2.45) is 0 Å². The van der Waals surface area contributed by atoms with E-state index in [4.69, 9.17) is 9.97 Å². The molecule has 0 unspecified atom stereocenters. The Labute approximate surface area is 209 Å². The normalized spacial score (nSPS) is 21.2. The van der Waals surface area contributed by atoms with Gasteiger partial charge in [0.2, 0.25) is 5.95 Å². The number of unbranched alkanes of at least 4 members (excludes halogenated alkanes) is 1. The van der Waals surface area contributed by atoms with Crippen molar-refractivity contribution in [3.05, 3.63) is 30.1 Å². The molecule has 3 N–H and O–H groups in total. The first-order valence-corrected chi connectivity index (χ1v) is 13.0. The number of nitrogens with zero attached hydrogens (tertiary/aromatic N) is 5. The molecule has 0 spiro atoms. The highest BCUT2D eigenvalue weighted by Crippen LogP contribution is 2.29. The van der Waals surface area contributed by atoms with Crippen molar-refractivity contribution >= 4 is 11.8 Å². The van der Waals surface area contributed by atoms with Gasteiger partial charge in [-0.2, -0.15) is 4.98 Å². The Bertz CT molecular complexity index is 985. The largest absolute Gasteiger partial charge is 0.393 e. The van der Waals surface area contributed by atoms with E-state index < -0.39 is 0 Å². The number of aliphatic hydroxyl groups is 1. The third kappa shape index (κ3) is 7.63. The van der Waals surface area contributed by atoms with E-state index in [2.05, 4.69) is 51.2 Å². The summed E-state index contributed by atoms with van der Waals surface area (Å²) in [7, 11) is 2.16. The van der Waals surface area contributed by atoms with E-state index in [1.54, 1.807) is 0 Å². The molecule has 2 aromatic heterocycles. The zero-order valence-corrected chi connectivity index (χ0v) is 21.1. The number of rotatable bonds is 8. The number of likely N-dealkylation sites (N-methyl/N-ethyl adjacent to an activating group) is 1. The standard InChI is InChI=1S/C27H39N7O/c1-3-4-13-28-27-30-20-24(26(32-27)31-22-8-10-23(35)11-9-22)25-12-7-21(19-29-25)6-5-14-34-17-15-33(2)16-18-34/h7,12,19-20,22-23,35H,3-4,8-11,13-18H2,1-2H3,(H2,28,30,31,32)/t22-,23-. The first-order chi connectivity index (χ1) is 17.1. The number of hydrogen-bond acceptors (Lipinski definition) is 8. The molecule has 188 valence electrons. The van der Waals surface area contributed by atoms with Crippen molar-refractivity contribution in [3.63, 3.8) is 0 Å². The fourth-order valence-corrected chi connectivity index (χ4v) is 4.44. The molecule has 3 heterocycles. The third-order valence-corrected chi connectivity index (χ3v) is 6.81. The quantitative estimate of drug-likeness (QED) is 0.395. The van der Waals surface area contributed by atoms with Gasteiger partial charge in [0.05, 0.1) is 23.9 Å². The molecule has 1 aliphatic carbocycles. The van der Waals surface area contributed by atoms with Crippen LogP contribution in [0.2, 0.25) is 0 Å². The summed E-state index contributed by atoms with van der Waals surface area (Å²) in [6, 6.07) is 4.31. The Balaban J connectivity index is 1.45. The van der Waals surface area contributed by atoms with Crippen molar-refractivity contribution in [1.82, 2.24) is 24.8 Å². The fourth-order valence-electron chi connectivity index (χ4n) is 4.44. The van der Waals surface area contributed by atoms with Gasteiger partial charge in [0.15, 0.2) is 0 Å². The molecule has 1 saturated carbocycles. The maximum absolute atomic E-state index is 9.87. The van der Waals surface area contributed by atoms with Crippen LogP contribution in [0.25, 0.3) is 11.3 Å².